The third-order valence-corrected chi connectivity index (χ3v) is 4.51. The van der Waals surface area contributed by atoms with E-state index in [0.29, 0.717) is 10.6 Å². The lowest BCUT2D eigenvalue weighted by Crippen LogP contribution is -2.41. The van der Waals surface area contributed by atoms with Crippen molar-refractivity contribution in [2.45, 2.75) is 18.2 Å². The van der Waals surface area contributed by atoms with Gasteiger partial charge in [-0.2, -0.15) is 11.8 Å². The molecule has 0 saturated heterocycles. The van der Waals surface area contributed by atoms with E-state index in [9.17, 15) is 4.79 Å². The van der Waals surface area contributed by atoms with Gasteiger partial charge in [0.25, 0.3) is 5.91 Å². The first-order chi connectivity index (χ1) is 8.13. The summed E-state index contributed by atoms with van der Waals surface area (Å²) < 4.78 is 5.10. The zero-order chi connectivity index (χ0) is 12.8. The summed E-state index contributed by atoms with van der Waals surface area (Å²) in [6, 6.07) is 1.68. The van der Waals surface area contributed by atoms with Crippen molar-refractivity contribution in [1.82, 2.24) is 5.32 Å². The molecule has 96 valence electrons. The van der Waals surface area contributed by atoms with E-state index in [2.05, 4.69) is 5.32 Å². The molecule has 17 heavy (non-hydrogen) atoms. The van der Waals surface area contributed by atoms with Gasteiger partial charge in [0.2, 0.25) is 0 Å². The number of rotatable bonds is 6. The zero-order valence-corrected chi connectivity index (χ0v) is 11.7. The largest absolute Gasteiger partial charge is 0.495 e. The number of amides is 1. The summed E-state index contributed by atoms with van der Waals surface area (Å²) in [6.45, 7) is 1.93. The number of aliphatic hydroxyl groups excluding tert-OH is 1. The quantitative estimate of drug-likeness (QED) is 0.828. The Morgan fingerprint density at radius 1 is 1.71 bits per heavy atom. The van der Waals surface area contributed by atoms with E-state index in [1.807, 2.05) is 18.6 Å². The number of thiophene rings is 1. The Balaban J connectivity index is 2.66. The van der Waals surface area contributed by atoms with Gasteiger partial charge >= 0.3 is 0 Å². The number of methoxy groups -OCH3 is 1. The molecule has 0 aliphatic heterocycles. The highest BCUT2D eigenvalue weighted by molar-refractivity contribution is 7.99. The van der Waals surface area contributed by atoms with Gasteiger partial charge in [-0.25, -0.2) is 0 Å². The van der Waals surface area contributed by atoms with Crippen LogP contribution in [0, 0.1) is 0 Å². The number of nitrogens with one attached hydrogen (secondary N) is 1. The lowest BCUT2D eigenvalue weighted by atomic mass is 10.2. The van der Waals surface area contributed by atoms with E-state index in [1.165, 1.54) is 23.1 Å². The van der Waals surface area contributed by atoms with Crippen molar-refractivity contribution in [3.05, 3.63) is 16.3 Å². The molecule has 0 aliphatic rings. The van der Waals surface area contributed by atoms with E-state index >= 15 is 0 Å². The molecule has 2 N–H and O–H groups in total. The molecule has 1 heterocycles. The molecule has 2 unspecified atom stereocenters. The van der Waals surface area contributed by atoms with Crippen LogP contribution in [0.25, 0.3) is 0 Å². The topological polar surface area (TPSA) is 58.6 Å². The van der Waals surface area contributed by atoms with Crippen LogP contribution in [-0.2, 0) is 0 Å². The van der Waals surface area contributed by atoms with Gasteiger partial charge < -0.3 is 15.2 Å². The van der Waals surface area contributed by atoms with E-state index in [-0.39, 0.29) is 23.8 Å². The minimum atomic E-state index is -0.156. The Kier molecular flexibility index (Phi) is 5.80. The first-order valence-corrected chi connectivity index (χ1v) is 7.36. The minimum Gasteiger partial charge on any atom is -0.495 e. The zero-order valence-electron chi connectivity index (χ0n) is 10.1. The smallest absolute Gasteiger partial charge is 0.265 e. The fourth-order valence-corrected chi connectivity index (χ4v) is 2.81. The summed E-state index contributed by atoms with van der Waals surface area (Å²) >= 11 is 2.88. The molecular weight excluding hydrogens is 258 g/mol. The number of carbonyl (C=O) groups is 1. The summed E-state index contributed by atoms with van der Waals surface area (Å²) in [5.74, 6) is 0.432. The van der Waals surface area contributed by atoms with Gasteiger partial charge in [-0.05, 0) is 24.6 Å². The van der Waals surface area contributed by atoms with Crippen LogP contribution in [0.4, 0.5) is 0 Å². The number of hydrogen-bond donors (Lipinski definition) is 2. The lowest BCUT2D eigenvalue weighted by Gasteiger charge is -2.21. The van der Waals surface area contributed by atoms with Crippen molar-refractivity contribution in [3.63, 3.8) is 0 Å². The molecule has 1 aromatic heterocycles. The highest BCUT2D eigenvalue weighted by Crippen LogP contribution is 2.24. The van der Waals surface area contributed by atoms with Crippen LogP contribution in [-0.4, -0.2) is 42.3 Å². The van der Waals surface area contributed by atoms with Crippen molar-refractivity contribution in [1.29, 1.82) is 0 Å². The Morgan fingerprint density at radius 3 is 2.94 bits per heavy atom. The second-order valence-corrected chi connectivity index (χ2v) is 5.53. The van der Waals surface area contributed by atoms with Crippen LogP contribution >= 0.6 is 23.1 Å². The second kappa shape index (κ2) is 6.88. The van der Waals surface area contributed by atoms with Gasteiger partial charge in [0.05, 0.1) is 13.7 Å². The number of aliphatic hydroxyl groups is 1. The Morgan fingerprint density at radius 2 is 2.41 bits per heavy atom. The molecule has 0 aromatic carbocycles. The molecule has 1 aromatic rings. The van der Waals surface area contributed by atoms with Crippen LogP contribution in [0.3, 0.4) is 0 Å². The number of thioether (sulfide) groups is 1. The predicted molar refractivity (Wildman–Crippen MR) is 72.2 cm³/mol. The Hall–Kier alpha value is -0.720. The highest BCUT2D eigenvalue weighted by Gasteiger charge is 2.20. The van der Waals surface area contributed by atoms with Crippen molar-refractivity contribution in [3.8, 4) is 5.75 Å². The van der Waals surface area contributed by atoms with Gasteiger partial charge in [-0.1, -0.05) is 0 Å². The average Bonchev–Trinajstić information content (AvgIpc) is 2.78. The number of ether oxygens (including phenoxy) is 1. The maximum Gasteiger partial charge on any atom is 0.265 e. The SMILES string of the molecule is COc1ccsc1C(=O)NC(C)C(CO)SC. The van der Waals surface area contributed by atoms with Gasteiger partial charge in [0.15, 0.2) is 0 Å². The summed E-state index contributed by atoms with van der Waals surface area (Å²) in [5, 5.41) is 13.8. The molecule has 2 atom stereocenters. The van der Waals surface area contributed by atoms with E-state index in [4.69, 9.17) is 9.84 Å². The highest BCUT2D eigenvalue weighted by atomic mass is 32.2. The van der Waals surface area contributed by atoms with Crippen LogP contribution < -0.4 is 10.1 Å². The van der Waals surface area contributed by atoms with Crippen LogP contribution in [0.1, 0.15) is 16.6 Å². The van der Waals surface area contributed by atoms with Gasteiger partial charge in [-0.15, -0.1) is 11.3 Å². The molecular formula is C11H17NO3S2. The molecule has 6 heteroatoms. The molecule has 0 spiro atoms. The standard InChI is InChI=1S/C11H17NO3S2/c1-7(9(6-13)16-3)12-11(14)10-8(15-2)4-5-17-10/h4-5,7,9,13H,6H2,1-3H3,(H,12,14). The van der Waals surface area contributed by atoms with E-state index < -0.39 is 0 Å². The van der Waals surface area contributed by atoms with Crippen molar-refractivity contribution in [2.75, 3.05) is 20.0 Å². The Bertz CT molecular complexity index is 363. The minimum absolute atomic E-state index is 0.00454. The number of hydrogen-bond acceptors (Lipinski definition) is 5. The number of carbonyl (C=O) groups excluding carboxylic acids is 1. The summed E-state index contributed by atoms with van der Waals surface area (Å²) in [6.07, 6.45) is 1.91. The van der Waals surface area contributed by atoms with Crippen molar-refractivity contribution in [2.24, 2.45) is 0 Å². The summed E-state index contributed by atoms with van der Waals surface area (Å²) in [7, 11) is 1.54. The third kappa shape index (κ3) is 3.62. The van der Waals surface area contributed by atoms with Gasteiger partial charge in [0.1, 0.15) is 10.6 Å². The summed E-state index contributed by atoms with van der Waals surface area (Å²) in [4.78, 5) is 12.5. The first kappa shape index (κ1) is 14.3. The van der Waals surface area contributed by atoms with Crippen molar-refractivity contribution < 1.29 is 14.6 Å². The van der Waals surface area contributed by atoms with Crippen LogP contribution in [0.5, 0.6) is 5.75 Å². The maximum atomic E-state index is 12.0. The second-order valence-electron chi connectivity index (χ2n) is 3.54. The molecule has 0 radical (unpaired) electrons. The molecule has 0 saturated carbocycles. The average molecular weight is 275 g/mol. The molecule has 0 fully saturated rings. The van der Waals surface area contributed by atoms with Crippen LogP contribution in [0.15, 0.2) is 11.4 Å². The monoisotopic (exact) mass is 275 g/mol. The van der Waals surface area contributed by atoms with E-state index in [0.717, 1.165) is 0 Å². The maximum absolute atomic E-state index is 12.0. The summed E-state index contributed by atoms with van der Waals surface area (Å²) in [5.41, 5.74) is 0. The first-order valence-electron chi connectivity index (χ1n) is 5.20. The molecule has 4 nitrogen and oxygen atoms in total. The van der Waals surface area contributed by atoms with Crippen molar-refractivity contribution >= 4 is 29.0 Å². The third-order valence-electron chi connectivity index (χ3n) is 2.45. The predicted octanol–water partition coefficient (Wildman–Crippen LogP) is 1.60. The van der Waals surface area contributed by atoms with Gasteiger partial charge in [0, 0.05) is 11.3 Å². The molecule has 0 bridgehead atoms. The fraction of sp³-hybridized carbons (Fsp3) is 0.545. The molecule has 1 amide bonds. The van der Waals surface area contributed by atoms with Crippen LogP contribution in [0.2, 0.25) is 0 Å². The normalized spacial score (nSPS) is 14.1. The molecule has 1 rings (SSSR count). The van der Waals surface area contributed by atoms with Gasteiger partial charge in [-0.3, -0.25) is 4.79 Å². The Labute approximate surface area is 109 Å². The lowest BCUT2D eigenvalue weighted by molar-refractivity contribution is 0.0937. The fourth-order valence-electron chi connectivity index (χ4n) is 1.43. The van der Waals surface area contributed by atoms with E-state index in [1.54, 1.807) is 13.2 Å². The molecule has 0 aliphatic carbocycles.